The predicted octanol–water partition coefficient (Wildman–Crippen LogP) is 3.89. The van der Waals surface area contributed by atoms with E-state index in [9.17, 15) is 9.18 Å². The molecule has 6 nitrogen and oxygen atoms in total. The molecule has 2 aromatic carbocycles. The molecule has 0 saturated carbocycles. The van der Waals surface area contributed by atoms with Crippen LogP contribution in [0.25, 0.3) is 5.69 Å². The molecule has 1 fully saturated rings. The summed E-state index contributed by atoms with van der Waals surface area (Å²) in [6.07, 6.45) is 0. The van der Waals surface area contributed by atoms with Crippen LogP contribution >= 0.6 is 11.6 Å². The number of rotatable bonds is 4. The zero-order valence-corrected chi connectivity index (χ0v) is 17.7. The van der Waals surface area contributed by atoms with Crippen molar-refractivity contribution in [3.63, 3.8) is 0 Å². The largest absolute Gasteiger partial charge is 0.335 e. The van der Waals surface area contributed by atoms with Gasteiger partial charge in [0.1, 0.15) is 5.82 Å². The molecule has 0 aliphatic carbocycles. The molecular weight excluding hydrogens is 405 g/mol. The number of halogens is 2. The Labute approximate surface area is 179 Å². The SMILES string of the molecule is Cc1c(C(=O)N2CCN(C(C)c3ccccc3Cl)CC2)nnn1-c1ccc(F)cc1. The number of benzene rings is 2. The molecule has 1 saturated heterocycles. The van der Waals surface area contributed by atoms with Crippen LogP contribution in [0.1, 0.15) is 34.7 Å². The number of amides is 1. The van der Waals surface area contributed by atoms with Gasteiger partial charge in [-0.05, 0) is 49.7 Å². The summed E-state index contributed by atoms with van der Waals surface area (Å²) in [6, 6.07) is 14.0. The monoisotopic (exact) mass is 427 g/mol. The quantitative estimate of drug-likeness (QED) is 0.634. The third-order valence-electron chi connectivity index (χ3n) is 5.67. The molecule has 0 spiro atoms. The number of carbonyl (C=O) groups excluding carboxylic acids is 1. The van der Waals surface area contributed by atoms with Crippen LogP contribution in [-0.2, 0) is 0 Å². The minimum atomic E-state index is -0.322. The van der Waals surface area contributed by atoms with E-state index in [2.05, 4.69) is 22.1 Å². The van der Waals surface area contributed by atoms with Crippen molar-refractivity contribution < 1.29 is 9.18 Å². The lowest BCUT2D eigenvalue weighted by Gasteiger charge is -2.38. The van der Waals surface area contributed by atoms with E-state index in [1.165, 1.54) is 12.1 Å². The first-order valence-electron chi connectivity index (χ1n) is 9.91. The van der Waals surface area contributed by atoms with E-state index in [1.807, 2.05) is 29.2 Å². The number of hydrogen-bond acceptors (Lipinski definition) is 4. The smallest absolute Gasteiger partial charge is 0.276 e. The van der Waals surface area contributed by atoms with Crippen LogP contribution in [0.15, 0.2) is 48.5 Å². The highest BCUT2D eigenvalue weighted by Crippen LogP contribution is 2.28. The van der Waals surface area contributed by atoms with Crippen LogP contribution in [0, 0.1) is 12.7 Å². The lowest BCUT2D eigenvalue weighted by Crippen LogP contribution is -2.49. The van der Waals surface area contributed by atoms with Gasteiger partial charge in [-0.3, -0.25) is 9.69 Å². The second-order valence-electron chi connectivity index (χ2n) is 7.44. The second-order valence-corrected chi connectivity index (χ2v) is 7.84. The van der Waals surface area contributed by atoms with Crippen molar-refractivity contribution in [2.75, 3.05) is 26.2 Å². The van der Waals surface area contributed by atoms with Gasteiger partial charge in [-0.1, -0.05) is 35.0 Å². The van der Waals surface area contributed by atoms with Crippen molar-refractivity contribution >= 4 is 17.5 Å². The highest BCUT2D eigenvalue weighted by molar-refractivity contribution is 6.31. The van der Waals surface area contributed by atoms with E-state index < -0.39 is 0 Å². The molecule has 1 atom stereocenters. The molecule has 3 aromatic rings. The molecule has 2 heterocycles. The Morgan fingerprint density at radius 2 is 1.73 bits per heavy atom. The first-order valence-corrected chi connectivity index (χ1v) is 10.3. The van der Waals surface area contributed by atoms with Gasteiger partial charge < -0.3 is 4.90 Å². The van der Waals surface area contributed by atoms with Crippen LogP contribution < -0.4 is 0 Å². The minimum absolute atomic E-state index is 0.133. The maximum atomic E-state index is 13.2. The summed E-state index contributed by atoms with van der Waals surface area (Å²) in [7, 11) is 0. The van der Waals surface area contributed by atoms with Gasteiger partial charge in [-0.2, -0.15) is 0 Å². The number of aromatic nitrogens is 3. The average molecular weight is 428 g/mol. The molecule has 8 heteroatoms. The molecular formula is C22H23ClFN5O. The normalized spacial score (nSPS) is 15.9. The molecule has 1 amide bonds. The van der Waals surface area contributed by atoms with Gasteiger partial charge in [-0.15, -0.1) is 5.10 Å². The van der Waals surface area contributed by atoms with Crippen molar-refractivity contribution in [1.82, 2.24) is 24.8 Å². The summed E-state index contributed by atoms with van der Waals surface area (Å²) in [6.45, 7) is 6.66. The molecule has 0 bridgehead atoms. The topological polar surface area (TPSA) is 54.3 Å². The summed E-state index contributed by atoms with van der Waals surface area (Å²) in [5.41, 5.74) is 2.72. The Morgan fingerprint density at radius 1 is 1.07 bits per heavy atom. The Hall–Kier alpha value is -2.77. The van der Waals surface area contributed by atoms with E-state index >= 15 is 0 Å². The van der Waals surface area contributed by atoms with Gasteiger partial charge in [-0.25, -0.2) is 9.07 Å². The molecule has 1 aliphatic heterocycles. The molecule has 1 aliphatic rings. The van der Waals surface area contributed by atoms with Gasteiger partial charge in [0, 0.05) is 37.2 Å². The van der Waals surface area contributed by atoms with Gasteiger partial charge in [0.15, 0.2) is 5.69 Å². The molecule has 0 N–H and O–H groups in total. The first kappa shape index (κ1) is 20.5. The van der Waals surface area contributed by atoms with Crippen molar-refractivity contribution in [3.8, 4) is 5.69 Å². The minimum Gasteiger partial charge on any atom is -0.335 e. The van der Waals surface area contributed by atoms with E-state index in [1.54, 1.807) is 23.7 Å². The predicted molar refractivity (Wildman–Crippen MR) is 113 cm³/mol. The average Bonchev–Trinajstić information content (AvgIpc) is 3.15. The molecule has 4 rings (SSSR count). The zero-order chi connectivity index (χ0) is 21.3. The van der Waals surface area contributed by atoms with Crippen LogP contribution in [0.5, 0.6) is 0 Å². The van der Waals surface area contributed by atoms with E-state index in [-0.39, 0.29) is 17.8 Å². The fourth-order valence-electron chi connectivity index (χ4n) is 3.83. The van der Waals surface area contributed by atoms with Crippen LogP contribution in [-0.4, -0.2) is 56.9 Å². The number of nitrogens with zero attached hydrogens (tertiary/aromatic N) is 5. The molecule has 1 unspecified atom stereocenters. The lowest BCUT2D eigenvalue weighted by molar-refractivity contribution is 0.0576. The van der Waals surface area contributed by atoms with Crippen LogP contribution in [0.2, 0.25) is 5.02 Å². The fourth-order valence-corrected chi connectivity index (χ4v) is 4.12. The van der Waals surface area contributed by atoms with Gasteiger partial charge in [0.2, 0.25) is 0 Å². The molecule has 30 heavy (non-hydrogen) atoms. The van der Waals surface area contributed by atoms with Crippen molar-refractivity contribution in [3.05, 3.63) is 76.3 Å². The van der Waals surface area contributed by atoms with Crippen molar-refractivity contribution in [2.24, 2.45) is 0 Å². The molecule has 1 aromatic heterocycles. The van der Waals surface area contributed by atoms with Crippen LogP contribution in [0.3, 0.4) is 0 Å². The fraction of sp³-hybridized carbons (Fsp3) is 0.318. The third kappa shape index (κ3) is 3.95. The third-order valence-corrected chi connectivity index (χ3v) is 6.02. The summed E-state index contributed by atoms with van der Waals surface area (Å²) in [4.78, 5) is 17.2. The second kappa shape index (κ2) is 8.53. The lowest BCUT2D eigenvalue weighted by atomic mass is 10.1. The number of piperazine rings is 1. The highest BCUT2D eigenvalue weighted by atomic mass is 35.5. The van der Waals surface area contributed by atoms with Crippen LogP contribution in [0.4, 0.5) is 4.39 Å². The Balaban J connectivity index is 1.44. The summed E-state index contributed by atoms with van der Waals surface area (Å²) in [5, 5.41) is 8.96. The van der Waals surface area contributed by atoms with E-state index in [0.717, 1.165) is 23.7 Å². The summed E-state index contributed by atoms with van der Waals surface area (Å²) < 4.78 is 14.7. The zero-order valence-electron chi connectivity index (χ0n) is 16.9. The number of hydrogen-bond donors (Lipinski definition) is 0. The van der Waals surface area contributed by atoms with Gasteiger partial charge >= 0.3 is 0 Å². The van der Waals surface area contributed by atoms with Crippen molar-refractivity contribution in [1.29, 1.82) is 0 Å². The van der Waals surface area contributed by atoms with E-state index in [4.69, 9.17) is 11.6 Å². The summed E-state index contributed by atoms with van der Waals surface area (Å²) >= 11 is 6.35. The van der Waals surface area contributed by atoms with Crippen molar-refractivity contribution in [2.45, 2.75) is 19.9 Å². The van der Waals surface area contributed by atoms with E-state index in [0.29, 0.717) is 30.2 Å². The number of carbonyl (C=O) groups is 1. The summed E-state index contributed by atoms with van der Waals surface area (Å²) in [5.74, 6) is -0.456. The Kier molecular flexibility index (Phi) is 5.83. The maximum Gasteiger partial charge on any atom is 0.276 e. The highest BCUT2D eigenvalue weighted by Gasteiger charge is 2.28. The Morgan fingerprint density at radius 3 is 2.40 bits per heavy atom. The maximum absolute atomic E-state index is 13.2. The van der Waals surface area contributed by atoms with Gasteiger partial charge in [0.05, 0.1) is 11.4 Å². The molecule has 0 radical (unpaired) electrons. The Bertz CT molecular complexity index is 1040. The first-order chi connectivity index (χ1) is 14.5. The molecule has 156 valence electrons. The van der Waals surface area contributed by atoms with Gasteiger partial charge in [0.25, 0.3) is 5.91 Å². The standard InChI is InChI=1S/C22H23ClFN5O/c1-15(19-5-3-4-6-20(19)23)27-11-13-28(14-12-27)22(30)21-16(2)29(26-25-21)18-9-7-17(24)8-10-18/h3-10,15H,11-14H2,1-2H3.